The van der Waals surface area contributed by atoms with E-state index in [1.165, 1.54) is 0 Å². The van der Waals surface area contributed by atoms with Crippen LogP contribution >= 0.6 is 0 Å². The van der Waals surface area contributed by atoms with Gasteiger partial charge in [0.05, 0.1) is 18.6 Å². The molecule has 0 aliphatic carbocycles. The van der Waals surface area contributed by atoms with Gasteiger partial charge in [0.15, 0.2) is 0 Å². The number of nitrogens with one attached hydrogen (secondary N) is 1. The first-order valence-corrected chi connectivity index (χ1v) is 8.24. The number of carboxylic acids is 1. The molecule has 0 saturated carbocycles. The minimum Gasteiger partial charge on any atom is -0.550 e. The zero-order valence-corrected chi connectivity index (χ0v) is 14.4. The van der Waals surface area contributed by atoms with Gasteiger partial charge in [-0.05, 0) is 37.1 Å². The van der Waals surface area contributed by atoms with Crippen LogP contribution < -0.4 is 15.2 Å². The molecule has 0 radical (unpaired) electrons. The fourth-order valence-corrected chi connectivity index (χ4v) is 2.50. The number of ether oxygens (including phenoxy) is 1. The van der Waals surface area contributed by atoms with Gasteiger partial charge in [-0.15, -0.1) is 0 Å². The summed E-state index contributed by atoms with van der Waals surface area (Å²) < 4.78 is 5.57. The number of rotatable bonds is 8. The quantitative estimate of drug-likeness (QED) is 0.797. The summed E-state index contributed by atoms with van der Waals surface area (Å²) in [5, 5.41) is 13.8. The number of carboxylic acid groups (broad SMARTS) is 1. The Balaban J connectivity index is 2.07. The molecule has 0 aliphatic rings. The third-order valence-electron chi connectivity index (χ3n) is 3.57. The van der Waals surface area contributed by atoms with E-state index >= 15 is 0 Å². The second-order valence-electron chi connectivity index (χ2n) is 6.09. The molecule has 0 bridgehead atoms. The molecule has 25 heavy (non-hydrogen) atoms. The number of carbonyl (C=O) groups is 2. The second-order valence-corrected chi connectivity index (χ2v) is 6.09. The van der Waals surface area contributed by atoms with E-state index in [0.29, 0.717) is 11.3 Å². The molecule has 2 aromatic rings. The summed E-state index contributed by atoms with van der Waals surface area (Å²) in [6.07, 6.45) is -0.0421. The van der Waals surface area contributed by atoms with E-state index in [2.05, 4.69) is 5.32 Å². The summed E-state index contributed by atoms with van der Waals surface area (Å²) >= 11 is 0. The molecule has 0 fully saturated rings. The van der Waals surface area contributed by atoms with Gasteiger partial charge < -0.3 is 20.0 Å². The molecule has 0 heterocycles. The van der Waals surface area contributed by atoms with Gasteiger partial charge in [0, 0.05) is 12.4 Å². The number of aliphatic carboxylic acids is 1. The molecule has 5 nitrogen and oxygen atoms in total. The summed E-state index contributed by atoms with van der Waals surface area (Å²) in [6.45, 7) is 3.85. The first-order valence-electron chi connectivity index (χ1n) is 8.24. The molecule has 2 aromatic carbocycles. The Morgan fingerprint density at radius 1 is 1.04 bits per heavy atom. The van der Waals surface area contributed by atoms with E-state index in [1.807, 2.05) is 44.2 Å². The molecule has 0 saturated heterocycles. The first kappa shape index (κ1) is 18.5. The summed E-state index contributed by atoms with van der Waals surface area (Å²) in [4.78, 5) is 23.3. The molecule has 0 unspecified atom stereocenters. The van der Waals surface area contributed by atoms with Crippen LogP contribution in [0.3, 0.4) is 0 Å². The maximum Gasteiger partial charge on any atom is 0.224 e. The molecule has 5 heteroatoms. The SMILES string of the molecule is CC(C)Oc1ccc([C@H](CC(=O)[O-])NC(=O)Cc2ccccc2)cc1. The summed E-state index contributed by atoms with van der Waals surface area (Å²) in [7, 11) is 0. The predicted octanol–water partition coefficient (Wildman–Crippen LogP) is 2.01. The molecule has 0 aromatic heterocycles. The number of hydrogen-bond donors (Lipinski definition) is 1. The van der Waals surface area contributed by atoms with Crippen molar-refractivity contribution in [3.8, 4) is 5.75 Å². The Morgan fingerprint density at radius 2 is 1.68 bits per heavy atom. The van der Waals surface area contributed by atoms with Gasteiger partial charge in [-0.3, -0.25) is 4.79 Å². The highest BCUT2D eigenvalue weighted by atomic mass is 16.5. The van der Waals surface area contributed by atoms with Crippen LogP contribution in [-0.2, 0) is 16.0 Å². The molecule has 1 N–H and O–H groups in total. The Hall–Kier alpha value is -2.82. The van der Waals surface area contributed by atoms with Gasteiger partial charge in [-0.1, -0.05) is 42.5 Å². The molecule has 0 spiro atoms. The van der Waals surface area contributed by atoms with E-state index in [4.69, 9.17) is 4.74 Å². The highest BCUT2D eigenvalue weighted by molar-refractivity contribution is 5.79. The zero-order valence-electron chi connectivity index (χ0n) is 14.4. The first-order chi connectivity index (χ1) is 11.9. The van der Waals surface area contributed by atoms with Crippen LogP contribution in [0.15, 0.2) is 54.6 Å². The van der Waals surface area contributed by atoms with Crippen LogP contribution in [0.25, 0.3) is 0 Å². The van der Waals surface area contributed by atoms with Crippen LogP contribution in [0.5, 0.6) is 5.75 Å². The summed E-state index contributed by atoms with van der Waals surface area (Å²) in [5.74, 6) is -0.756. The average molecular weight is 340 g/mol. The lowest BCUT2D eigenvalue weighted by molar-refractivity contribution is -0.306. The molecule has 132 valence electrons. The minimum atomic E-state index is -1.22. The summed E-state index contributed by atoms with van der Waals surface area (Å²) in [6, 6.07) is 15.7. The Bertz CT molecular complexity index is 695. The lowest BCUT2D eigenvalue weighted by Gasteiger charge is -2.20. The summed E-state index contributed by atoms with van der Waals surface area (Å²) in [5.41, 5.74) is 1.56. The van der Waals surface area contributed by atoms with E-state index < -0.39 is 12.0 Å². The van der Waals surface area contributed by atoms with Gasteiger partial charge in [0.1, 0.15) is 5.75 Å². The lowest BCUT2D eigenvalue weighted by atomic mass is 10.0. The number of benzene rings is 2. The maximum absolute atomic E-state index is 12.2. The highest BCUT2D eigenvalue weighted by Gasteiger charge is 2.15. The largest absolute Gasteiger partial charge is 0.550 e. The van der Waals surface area contributed by atoms with Gasteiger partial charge in [0.25, 0.3) is 0 Å². The van der Waals surface area contributed by atoms with Crippen molar-refractivity contribution in [3.05, 3.63) is 65.7 Å². The van der Waals surface area contributed by atoms with Gasteiger partial charge in [-0.25, -0.2) is 0 Å². The Kier molecular flexibility index (Phi) is 6.57. The third kappa shape index (κ3) is 6.30. The van der Waals surface area contributed by atoms with Crippen LogP contribution in [0.2, 0.25) is 0 Å². The molecule has 1 atom stereocenters. The Labute approximate surface area is 147 Å². The maximum atomic E-state index is 12.2. The van der Waals surface area contributed by atoms with Crippen LogP contribution in [0.4, 0.5) is 0 Å². The van der Waals surface area contributed by atoms with Crippen molar-refractivity contribution < 1.29 is 19.4 Å². The normalized spacial score (nSPS) is 11.8. The Morgan fingerprint density at radius 3 is 2.24 bits per heavy atom. The van der Waals surface area contributed by atoms with Crippen molar-refractivity contribution >= 4 is 11.9 Å². The van der Waals surface area contributed by atoms with Gasteiger partial charge in [0.2, 0.25) is 5.91 Å². The minimum absolute atomic E-state index is 0.0513. The standard InChI is InChI=1S/C20H23NO4/c1-14(2)25-17-10-8-16(9-11-17)18(13-20(23)24)21-19(22)12-15-6-4-3-5-7-15/h3-11,14,18H,12-13H2,1-2H3,(H,21,22)(H,23,24)/p-1/t18-/m0/s1. The predicted molar refractivity (Wildman–Crippen MR) is 92.9 cm³/mol. The molecular weight excluding hydrogens is 318 g/mol. The fraction of sp³-hybridized carbons (Fsp3) is 0.300. The van der Waals surface area contributed by atoms with Crippen LogP contribution in [-0.4, -0.2) is 18.0 Å². The average Bonchev–Trinajstić information content (AvgIpc) is 2.55. The van der Waals surface area contributed by atoms with Crippen molar-refractivity contribution in [2.45, 2.75) is 38.8 Å². The second kappa shape index (κ2) is 8.87. The molecule has 0 aliphatic heterocycles. The van der Waals surface area contributed by atoms with Crippen molar-refractivity contribution in [1.29, 1.82) is 0 Å². The molecular formula is C20H22NO4-. The van der Waals surface area contributed by atoms with Crippen LogP contribution in [0.1, 0.15) is 37.4 Å². The third-order valence-corrected chi connectivity index (χ3v) is 3.57. The zero-order chi connectivity index (χ0) is 18.2. The monoisotopic (exact) mass is 340 g/mol. The molecule has 2 rings (SSSR count). The van der Waals surface area contributed by atoms with Gasteiger partial charge >= 0.3 is 0 Å². The number of hydrogen-bond acceptors (Lipinski definition) is 4. The highest BCUT2D eigenvalue weighted by Crippen LogP contribution is 2.21. The van der Waals surface area contributed by atoms with Crippen molar-refractivity contribution in [2.24, 2.45) is 0 Å². The van der Waals surface area contributed by atoms with E-state index in [1.54, 1.807) is 24.3 Å². The van der Waals surface area contributed by atoms with Crippen molar-refractivity contribution in [1.82, 2.24) is 5.32 Å². The lowest BCUT2D eigenvalue weighted by Crippen LogP contribution is -2.35. The number of carbonyl (C=O) groups excluding carboxylic acids is 2. The smallest absolute Gasteiger partial charge is 0.224 e. The topological polar surface area (TPSA) is 78.5 Å². The van der Waals surface area contributed by atoms with Crippen molar-refractivity contribution in [2.75, 3.05) is 0 Å². The van der Waals surface area contributed by atoms with E-state index in [-0.39, 0.29) is 24.9 Å². The van der Waals surface area contributed by atoms with E-state index in [0.717, 1.165) is 5.56 Å². The van der Waals surface area contributed by atoms with E-state index in [9.17, 15) is 14.7 Å². The van der Waals surface area contributed by atoms with Gasteiger partial charge in [-0.2, -0.15) is 0 Å². The fourth-order valence-electron chi connectivity index (χ4n) is 2.50. The number of amides is 1. The van der Waals surface area contributed by atoms with Crippen molar-refractivity contribution in [3.63, 3.8) is 0 Å². The van der Waals surface area contributed by atoms with Crippen LogP contribution in [0, 0.1) is 0 Å². The molecule has 1 amide bonds.